The standard InChI is InChI=1S/C40H50N20O25P4/c41-37-49-29-25(33(62)53-37)45-9-57(29)21-1-13(61)17(79-21)5-76-87(69,70)84-15-3-23(59-11-47-27-31(59)51-39(43)55-35(27)64)81-19(15)7-78-89(73,74)85-16-4-24(60-12-48-28-32(60)52-40(44)56-36(28)65)82-20(16)8-77-88(71,72)83-14-2-22(80-18(14)6-75-86(66,67)68)58-10-46-26-30(58)50-38(42)54-34(26)63/h9-24,61H,1-8H2,(H,69,70)(H,71,72)(H,73,74)(H2,66,67,68)(H3,41,49,53,62)(H3,42,50,54,63)(H3,43,51,55,64)(H3,44,52,56,65). The number of anilines is 4. The van der Waals surface area contributed by atoms with E-state index in [2.05, 4.69) is 64.3 Å². The summed E-state index contributed by atoms with van der Waals surface area (Å²) in [5.41, 5.74) is 19.1. The van der Waals surface area contributed by atoms with Crippen LogP contribution in [0.25, 0.3) is 44.7 Å². The zero-order chi connectivity index (χ0) is 63.2. The van der Waals surface area contributed by atoms with Crippen molar-refractivity contribution in [3.05, 3.63) is 66.7 Å². The fraction of sp³-hybridized carbons (Fsp3) is 0.500. The van der Waals surface area contributed by atoms with E-state index in [0.29, 0.717) is 0 Å². The Hall–Kier alpha value is -7.16. The fourth-order valence-electron chi connectivity index (χ4n) is 10.3. The van der Waals surface area contributed by atoms with Gasteiger partial charge in [-0.05, 0) is 0 Å². The Bertz CT molecular complexity index is 4490. The van der Waals surface area contributed by atoms with Gasteiger partial charge in [-0.1, -0.05) is 0 Å². The quantitative estimate of drug-likeness (QED) is 0.0300. The molecule has 0 aliphatic carbocycles. The number of fused-ring (bicyclic) bond motifs is 4. The molecule has 0 bridgehead atoms. The number of nitrogens with one attached hydrogen (secondary N) is 4. The van der Waals surface area contributed by atoms with Crippen molar-refractivity contribution in [2.24, 2.45) is 0 Å². The molecule has 18 N–H and O–H groups in total. The van der Waals surface area contributed by atoms with Crippen LogP contribution in [0.3, 0.4) is 0 Å². The number of phosphoric acid groups is 4. The summed E-state index contributed by atoms with van der Waals surface area (Å²) in [6.45, 7) is -3.74. The first-order valence-corrected chi connectivity index (χ1v) is 31.9. The lowest BCUT2D eigenvalue weighted by molar-refractivity contribution is -0.0619. The zero-order valence-electron chi connectivity index (χ0n) is 44.8. The highest BCUT2D eigenvalue weighted by molar-refractivity contribution is 7.48. The van der Waals surface area contributed by atoms with Gasteiger partial charge in [-0.15, -0.1) is 0 Å². The highest BCUT2D eigenvalue weighted by atomic mass is 31.2. The number of nitrogens with two attached hydrogens (primary N) is 4. The minimum absolute atomic E-state index is 0.0168. The van der Waals surface area contributed by atoms with Crippen LogP contribution in [-0.4, -0.2) is 183 Å². The third-order valence-electron chi connectivity index (χ3n) is 14.2. The number of aliphatic hydroxyl groups is 1. The van der Waals surface area contributed by atoms with Gasteiger partial charge in [-0.2, -0.15) is 19.9 Å². The number of aliphatic hydroxyl groups excluding tert-OH is 1. The molecule has 15 atom stereocenters. The van der Waals surface area contributed by atoms with Gasteiger partial charge in [0.25, 0.3) is 22.2 Å². The summed E-state index contributed by atoms with van der Waals surface area (Å²) in [7, 11) is -21.4. The molecular weight excluding hydrogens is 1280 g/mol. The molecule has 0 saturated carbocycles. The van der Waals surface area contributed by atoms with Crippen molar-refractivity contribution in [1.82, 2.24) is 78.1 Å². The average Bonchev–Trinajstić information content (AvgIpc) is 1.68. The van der Waals surface area contributed by atoms with E-state index in [0.717, 1.165) is 19.0 Å². The lowest BCUT2D eigenvalue weighted by Crippen LogP contribution is -2.31. The van der Waals surface area contributed by atoms with Crippen molar-refractivity contribution in [3.63, 3.8) is 0 Å². The number of aromatic amines is 4. The van der Waals surface area contributed by atoms with Crippen molar-refractivity contribution in [2.45, 2.75) is 99.4 Å². The van der Waals surface area contributed by atoms with Gasteiger partial charge < -0.3 is 71.5 Å². The van der Waals surface area contributed by atoms with Gasteiger partial charge in [-0.25, -0.2) is 38.2 Å². The molecule has 12 heterocycles. The number of ether oxygens (including phenoxy) is 4. The summed E-state index contributed by atoms with van der Waals surface area (Å²) in [5, 5.41) is 10.9. The van der Waals surface area contributed by atoms with E-state index in [-0.39, 0.29) is 74.9 Å². The second kappa shape index (κ2) is 23.6. The van der Waals surface area contributed by atoms with Gasteiger partial charge in [-0.3, -0.25) is 89.0 Å². The molecule has 15 unspecified atom stereocenters. The Morgan fingerprint density at radius 1 is 0.438 bits per heavy atom. The SMILES string of the molecule is Nc1nc2c(ncn2C2CC(O)C(COP(=O)(O)OC3CC(n4cnc5c(=O)[nH]c(N)nc54)OC3COP(=O)(O)OC3CC(n4cnc5c(=O)[nH]c(N)nc54)OC3COP(=O)(O)OC3CC(n4cnc5c(=O)[nH]c(N)nc54)OC3COP(=O)(O)O)O2)c(=O)[nH]1. The first-order chi connectivity index (χ1) is 42.0. The predicted octanol–water partition coefficient (Wildman–Crippen LogP) is -3.03. The van der Waals surface area contributed by atoms with Crippen LogP contribution in [0.1, 0.15) is 50.6 Å². The molecule has 0 spiro atoms. The number of H-pyrrole nitrogens is 4. The number of hydrogen-bond acceptors (Lipinski definition) is 32. The average molecular weight is 1330 g/mol. The molecule has 4 aliphatic rings. The maximum absolute atomic E-state index is 14.2. The summed E-state index contributed by atoms with van der Waals surface area (Å²) in [4.78, 5) is 145. The van der Waals surface area contributed by atoms with Crippen molar-refractivity contribution in [2.75, 3.05) is 49.4 Å². The first-order valence-electron chi connectivity index (χ1n) is 25.9. The number of phosphoric ester groups is 4. The third kappa shape index (κ3) is 13.1. The summed E-state index contributed by atoms with van der Waals surface area (Å²) >= 11 is 0. The number of imidazole rings is 4. The molecule has 4 aliphatic heterocycles. The topological polar surface area (TPSA) is 650 Å². The highest BCUT2D eigenvalue weighted by Crippen LogP contribution is 2.54. The molecule has 4 saturated heterocycles. The van der Waals surface area contributed by atoms with Crippen LogP contribution in [0.2, 0.25) is 0 Å². The lowest BCUT2D eigenvalue weighted by Gasteiger charge is -2.25. The van der Waals surface area contributed by atoms with Crippen molar-refractivity contribution >= 4 is 99.7 Å². The van der Waals surface area contributed by atoms with Crippen LogP contribution in [0, 0.1) is 0 Å². The molecule has 480 valence electrons. The Labute approximate surface area is 490 Å². The molecule has 89 heavy (non-hydrogen) atoms. The fourth-order valence-corrected chi connectivity index (χ4v) is 13.5. The van der Waals surface area contributed by atoms with Crippen molar-refractivity contribution in [1.29, 1.82) is 0 Å². The van der Waals surface area contributed by atoms with E-state index in [1.165, 1.54) is 24.6 Å². The Kier molecular flexibility index (Phi) is 16.4. The molecular formula is C40H50N20O25P4. The second-order valence-electron chi connectivity index (χ2n) is 20.1. The largest absolute Gasteiger partial charge is 0.472 e. The van der Waals surface area contributed by atoms with Gasteiger partial charge in [0.1, 0.15) is 67.6 Å². The molecule has 0 amide bonds. The first kappa shape index (κ1) is 62.1. The van der Waals surface area contributed by atoms with Gasteiger partial charge in [0.2, 0.25) is 23.8 Å². The van der Waals surface area contributed by atoms with E-state index in [1.807, 2.05) is 0 Å². The van der Waals surface area contributed by atoms with Crippen molar-refractivity contribution < 1.29 is 98.4 Å². The van der Waals surface area contributed by atoms with E-state index in [4.69, 9.17) is 69.0 Å². The lowest BCUT2D eigenvalue weighted by atomic mass is 10.2. The summed E-state index contributed by atoms with van der Waals surface area (Å²) in [6.07, 6.45) is -14.0. The van der Waals surface area contributed by atoms with Gasteiger partial charge in [0, 0.05) is 25.7 Å². The predicted molar refractivity (Wildman–Crippen MR) is 290 cm³/mol. The maximum Gasteiger partial charge on any atom is 0.472 e. The zero-order valence-corrected chi connectivity index (χ0v) is 48.4. The molecule has 12 rings (SSSR count). The highest BCUT2D eigenvalue weighted by Gasteiger charge is 2.49. The Morgan fingerprint density at radius 3 is 0.989 bits per heavy atom. The maximum atomic E-state index is 14.2. The number of aromatic nitrogens is 16. The van der Waals surface area contributed by atoms with Crippen molar-refractivity contribution in [3.8, 4) is 0 Å². The van der Waals surface area contributed by atoms with Crippen LogP contribution in [0.5, 0.6) is 0 Å². The minimum atomic E-state index is -5.49. The smallest absolute Gasteiger partial charge is 0.390 e. The number of nitrogen functional groups attached to an aromatic ring is 4. The number of rotatable bonds is 22. The summed E-state index contributed by atoms with van der Waals surface area (Å²) < 4.78 is 120. The molecule has 45 nitrogen and oxygen atoms in total. The van der Waals surface area contributed by atoms with E-state index in [1.54, 1.807) is 0 Å². The minimum Gasteiger partial charge on any atom is -0.390 e. The van der Waals surface area contributed by atoms with E-state index >= 15 is 0 Å². The van der Waals surface area contributed by atoms with Crippen LogP contribution < -0.4 is 45.2 Å². The second-order valence-corrected chi connectivity index (χ2v) is 25.6. The molecule has 0 aromatic carbocycles. The molecule has 0 radical (unpaired) electrons. The molecule has 49 heteroatoms. The third-order valence-corrected chi connectivity index (χ3v) is 17.7. The van der Waals surface area contributed by atoms with Gasteiger partial charge >= 0.3 is 31.3 Å². The molecule has 4 fully saturated rings. The van der Waals surface area contributed by atoms with Gasteiger partial charge in [0.15, 0.2) is 44.7 Å². The normalized spacial score (nSPS) is 27.9. The number of hydrogen-bond donors (Lipinski definition) is 14. The van der Waals surface area contributed by atoms with E-state index in [9.17, 15) is 67.0 Å². The summed E-state index contributed by atoms with van der Waals surface area (Å²) in [6, 6.07) is 0. The van der Waals surface area contributed by atoms with Crippen LogP contribution in [0.4, 0.5) is 23.8 Å². The van der Waals surface area contributed by atoms with Crippen LogP contribution in [0.15, 0.2) is 44.5 Å². The van der Waals surface area contributed by atoms with Crippen LogP contribution in [-0.2, 0) is 68.9 Å². The monoisotopic (exact) mass is 1330 g/mol. The number of nitrogens with zero attached hydrogens (tertiary/aromatic N) is 12. The molecule has 8 aromatic heterocycles. The Balaban J connectivity index is 0.759. The molecule has 8 aromatic rings. The van der Waals surface area contributed by atoms with Crippen LogP contribution >= 0.6 is 31.3 Å². The summed E-state index contributed by atoms with van der Waals surface area (Å²) in [5.74, 6) is -1.23. The van der Waals surface area contributed by atoms with Gasteiger partial charge in [0.05, 0.1) is 57.8 Å². The Morgan fingerprint density at radius 2 is 0.697 bits per heavy atom. The van der Waals surface area contributed by atoms with E-state index < -0.39 is 173 Å².